The minimum absolute atomic E-state index is 0.112. The van der Waals surface area contributed by atoms with Gasteiger partial charge >= 0.3 is 6.03 Å². The van der Waals surface area contributed by atoms with Crippen LogP contribution in [0.2, 0.25) is 0 Å². The number of nitrogens with one attached hydrogen (secondary N) is 1. The van der Waals surface area contributed by atoms with Crippen LogP contribution < -0.4 is 20.0 Å². The lowest BCUT2D eigenvalue weighted by Gasteiger charge is -2.38. The molecule has 2 aromatic heterocycles. The first-order chi connectivity index (χ1) is 14.8. The van der Waals surface area contributed by atoms with Crippen LogP contribution in [-0.2, 0) is 4.74 Å². The Bertz CT molecular complexity index is 952. The third kappa shape index (κ3) is 3.13. The Balaban J connectivity index is 1.30. The molecule has 6 rings (SSSR count). The number of urea groups is 1. The summed E-state index contributed by atoms with van der Waals surface area (Å²) >= 11 is 0. The van der Waals surface area contributed by atoms with Gasteiger partial charge in [0.05, 0.1) is 30.6 Å². The molecule has 5 heterocycles. The van der Waals surface area contributed by atoms with Crippen LogP contribution in [0.3, 0.4) is 0 Å². The lowest BCUT2D eigenvalue weighted by molar-refractivity contribution is 0.0261. The maximum absolute atomic E-state index is 13.2. The highest BCUT2D eigenvalue weighted by atomic mass is 16.5. The second-order valence-electron chi connectivity index (χ2n) is 8.48. The van der Waals surface area contributed by atoms with Gasteiger partial charge < -0.3 is 14.5 Å². The lowest BCUT2D eigenvalue weighted by Crippen LogP contribution is -2.49. The summed E-state index contributed by atoms with van der Waals surface area (Å²) in [4.78, 5) is 32.9. The van der Waals surface area contributed by atoms with Crippen LogP contribution in [0.1, 0.15) is 19.3 Å². The summed E-state index contributed by atoms with van der Waals surface area (Å²) in [6, 6.07) is 4.11. The molecular weight excluding hydrogens is 382 g/mol. The molecule has 9 heteroatoms. The van der Waals surface area contributed by atoms with Gasteiger partial charge in [-0.25, -0.2) is 14.8 Å². The molecule has 3 fully saturated rings. The number of hydrogen-bond acceptors (Lipinski definition) is 7. The average Bonchev–Trinajstić information content (AvgIpc) is 3.56. The molecule has 2 amide bonds. The van der Waals surface area contributed by atoms with Gasteiger partial charge in [-0.3, -0.25) is 15.2 Å². The predicted molar refractivity (Wildman–Crippen MR) is 113 cm³/mol. The Morgan fingerprint density at radius 2 is 2.03 bits per heavy atom. The van der Waals surface area contributed by atoms with E-state index in [9.17, 15) is 4.79 Å². The van der Waals surface area contributed by atoms with E-state index in [1.807, 2.05) is 4.90 Å². The van der Waals surface area contributed by atoms with Gasteiger partial charge in [0.2, 0.25) is 0 Å². The predicted octanol–water partition coefficient (Wildman–Crippen LogP) is 2.12. The van der Waals surface area contributed by atoms with E-state index in [4.69, 9.17) is 9.72 Å². The Kier molecular flexibility index (Phi) is 4.22. The van der Waals surface area contributed by atoms with Crippen molar-refractivity contribution in [2.75, 3.05) is 52.8 Å². The number of carbonyl (C=O) groups is 1. The maximum Gasteiger partial charge on any atom is 0.329 e. The molecule has 1 aliphatic carbocycles. The van der Waals surface area contributed by atoms with Crippen LogP contribution in [0.5, 0.6) is 0 Å². The van der Waals surface area contributed by atoms with E-state index in [1.54, 1.807) is 18.6 Å². The monoisotopic (exact) mass is 407 g/mol. The van der Waals surface area contributed by atoms with Crippen LogP contribution in [0, 0.1) is 5.92 Å². The quantitative estimate of drug-likeness (QED) is 0.834. The summed E-state index contributed by atoms with van der Waals surface area (Å²) in [6.07, 6.45) is 8.48. The molecule has 0 radical (unpaired) electrons. The topological polar surface area (TPSA) is 86.7 Å². The fourth-order valence-electron chi connectivity index (χ4n) is 4.81. The van der Waals surface area contributed by atoms with E-state index in [-0.39, 0.29) is 12.1 Å². The lowest BCUT2D eigenvalue weighted by atomic mass is 10.1. The first-order valence-corrected chi connectivity index (χ1v) is 10.7. The van der Waals surface area contributed by atoms with Crippen molar-refractivity contribution in [2.45, 2.75) is 31.4 Å². The minimum atomic E-state index is -0.203. The van der Waals surface area contributed by atoms with Gasteiger partial charge in [0, 0.05) is 38.6 Å². The second kappa shape index (κ2) is 7.09. The van der Waals surface area contributed by atoms with Crippen molar-refractivity contribution in [3.05, 3.63) is 30.7 Å². The number of ether oxygens (including phenoxy) is 1. The SMILES string of the molecule is O=C(Nc1cnccn1)N1c2nc(N3CCOC(C4CC4)C3)ccc2N2CC[C@H]1C2. The summed E-state index contributed by atoms with van der Waals surface area (Å²) in [5.74, 6) is 2.79. The Morgan fingerprint density at radius 1 is 1.10 bits per heavy atom. The van der Waals surface area contributed by atoms with Crippen molar-refractivity contribution in [3.8, 4) is 0 Å². The summed E-state index contributed by atoms with van der Waals surface area (Å²) in [6.45, 7) is 4.20. The highest BCUT2D eigenvalue weighted by Gasteiger charge is 2.41. The number of carbonyl (C=O) groups excluding carboxylic acids is 1. The molecule has 0 aromatic carbocycles. The van der Waals surface area contributed by atoms with E-state index >= 15 is 0 Å². The number of hydrogen-bond donors (Lipinski definition) is 1. The zero-order chi connectivity index (χ0) is 20.1. The van der Waals surface area contributed by atoms with Crippen LogP contribution in [0.25, 0.3) is 0 Å². The molecule has 0 spiro atoms. The molecule has 1 N–H and O–H groups in total. The summed E-state index contributed by atoms with van der Waals surface area (Å²) in [5.41, 5.74) is 1.02. The van der Waals surface area contributed by atoms with Crippen LogP contribution >= 0.6 is 0 Å². The van der Waals surface area contributed by atoms with Crippen LogP contribution in [0.15, 0.2) is 30.7 Å². The maximum atomic E-state index is 13.2. The molecule has 2 aromatic rings. The normalized spacial score (nSPS) is 25.3. The van der Waals surface area contributed by atoms with Crippen molar-refractivity contribution >= 4 is 29.2 Å². The van der Waals surface area contributed by atoms with E-state index in [0.29, 0.717) is 17.8 Å². The summed E-state index contributed by atoms with van der Waals surface area (Å²) in [5, 5.41) is 2.89. The molecule has 2 saturated heterocycles. The van der Waals surface area contributed by atoms with E-state index in [1.165, 1.54) is 12.8 Å². The average molecular weight is 407 g/mol. The fourth-order valence-corrected chi connectivity index (χ4v) is 4.81. The zero-order valence-electron chi connectivity index (χ0n) is 16.8. The van der Waals surface area contributed by atoms with Gasteiger partial charge in [0.25, 0.3) is 0 Å². The number of pyridine rings is 1. The molecule has 30 heavy (non-hydrogen) atoms. The van der Waals surface area contributed by atoms with Crippen molar-refractivity contribution in [2.24, 2.45) is 5.92 Å². The van der Waals surface area contributed by atoms with E-state index in [2.05, 4.69) is 37.2 Å². The van der Waals surface area contributed by atoms with Gasteiger partial charge in [0.15, 0.2) is 11.6 Å². The largest absolute Gasteiger partial charge is 0.374 e. The standard InChI is InChI=1S/C21H25N7O2/c29-21(24-18-11-22-6-7-23-18)28-15-5-8-26(12-15)16-3-4-19(25-20(16)28)27-9-10-30-17(13-27)14-1-2-14/h3-4,6-7,11,14-15,17H,1-2,5,8-10,12-13H2,(H,23,24,29)/t15-,17?/m0/s1. The summed E-state index contributed by atoms with van der Waals surface area (Å²) < 4.78 is 5.97. The van der Waals surface area contributed by atoms with Crippen molar-refractivity contribution < 1.29 is 9.53 Å². The molecule has 4 aliphatic rings. The first-order valence-electron chi connectivity index (χ1n) is 10.7. The van der Waals surface area contributed by atoms with Crippen molar-refractivity contribution in [3.63, 3.8) is 0 Å². The minimum Gasteiger partial charge on any atom is -0.374 e. The molecule has 1 unspecified atom stereocenters. The van der Waals surface area contributed by atoms with E-state index in [0.717, 1.165) is 56.5 Å². The number of morpholine rings is 1. The molecule has 2 bridgehead atoms. The highest BCUT2D eigenvalue weighted by Crippen LogP contribution is 2.41. The number of amides is 2. The van der Waals surface area contributed by atoms with Gasteiger partial charge in [-0.15, -0.1) is 0 Å². The Labute approximate surface area is 175 Å². The number of fused-ring (bicyclic) bond motifs is 4. The van der Waals surface area contributed by atoms with Gasteiger partial charge in [-0.1, -0.05) is 0 Å². The van der Waals surface area contributed by atoms with Crippen molar-refractivity contribution in [1.29, 1.82) is 0 Å². The highest BCUT2D eigenvalue weighted by molar-refractivity contribution is 6.04. The molecular formula is C21H25N7O2. The Hall–Kier alpha value is -2.94. The van der Waals surface area contributed by atoms with Gasteiger partial charge in [-0.2, -0.15) is 0 Å². The first kappa shape index (κ1) is 17.9. The molecule has 1 saturated carbocycles. The fraction of sp³-hybridized carbons (Fsp3) is 0.524. The van der Waals surface area contributed by atoms with Crippen molar-refractivity contribution in [1.82, 2.24) is 15.0 Å². The van der Waals surface area contributed by atoms with Crippen LogP contribution in [-0.4, -0.2) is 65.9 Å². The zero-order valence-corrected chi connectivity index (χ0v) is 16.8. The van der Waals surface area contributed by atoms with Gasteiger partial charge in [-0.05, 0) is 37.3 Å². The third-order valence-corrected chi connectivity index (χ3v) is 6.52. The number of rotatable bonds is 3. The number of nitrogens with zero attached hydrogens (tertiary/aromatic N) is 6. The molecule has 3 aliphatic heterocycles. The second-order valence-corrected chi connectivity index (χ2v) is 8.48. The molecule has 2 atom stereocenters. The number of aromatic nitrogens is 3. The van der Waals surface area contributed by atoms with Crippen LogP contribution in [0.4, 0.5) is 27.9 Å². The van der Waals surface area contributed by atoms with E-state index < -0.39 is 0 Å². The molecule has 9 nitrogen and oxygen atoms in total. The smallest absolute Gasteiger partial charge is 0.329 e. The molecule has 156 valence electrons. The van der Waals surface area contributed by atoms with Gasteiger partial charge in [0.1, 0.15) is 5.82 Å². The third-order valence-electron chi connectivity index (χ3n) is 6.52. The summed E-state index contributed by atoms with van der Waals surface area (Å²) in [7, 11) is 0. The number of anilines is 4. The Morgan fingerprint density at radius 3 is 2.87 bits per heavy atom.